The summed E-state index contributed by atoms with van der Waals surface area (Å²) < 4.78 is 0. The lowest BCUT2D eigenvalue weighted by Gasteiger charge is -2.17. The molecule has 2 rings (SSSR count). The van der Waals surface area contributed by atoms with Crippen LogP contribution in [-0.4, -0.2) is 35.8 Å². The highest BCUT2D eigenvalue weighted by molar-refractivity contribution is 6.10. The molecule has 0 fully saturated rings. The maximum absolute atomic E-state index is 12.2. The van der Waals surface area contributed by atoms with Crippen LogP contribution >= 0.6 is 0 Å². The van der Waals surface area contributed by atoms with Crippen molar-refractivity contribution in [2.45, 2.75) is 13.0 Å². The molecule has 0 aliphatic rings. The monoisotopic (exact) mass is 216 g/mol. The summed E-state index contributed by atoms with van der Waals surface area (Å²) in [6.45, 7) is 1.92. The molecule has 0 bridgehead atoms. The van der Waals surface area contributed by atoms with E-state index < -0.39 is 0 Å². The average Bonchev–Trinajstić information content (AvgIpc) is 2.70. The van der Waals surface area contributed by atoms with Gasteiger partial charge in [0, 0.05) is 22.7 Å². The molecule has 1 unspecified atom stereocenters. The summed E-state index contributed by atoms with van der Waals surface area (Å²) in [6, 6.07) is 7.77. The molecule has 0 aliphatic heterocycles. The standard InChI is InChI=1S/C13H16N2O/c1-9(15(2)3)13(16)11-8-14-12-7-5-4-6-10(11)12/h4-9,14H,1-3H3. The molecule has 3 heteroatoms. The van der Waals surface area contributed by atoms with Crippen LogP contribution in [0.2, 0.25) is 0 Å². The van der Waals surface area contributed by atoms with Crippen molar-refractivity contribution in [1.29, 1.82) is 0 Å². The second kappa shape index (κ2) is 4.10. The molecule has 1 heterocycles. The maximum Gasteiger partial charge on any atom is 0.181 e. The second-order valence-electron chi connectivity index (χ2n) is 4.25. The van der Waals surface area contributed by atoms with Crippen LogP contribution in [0.15, 0.2) is 30.5 Å². The highest BCUT2D eigenvalue weighted by atomic mass is 16.1. The molecule has 1 N–H and O–H groups in total. The van der Waals surface area contributed by atoms with E-state index in [1.807, 2.05) is 50.2 Å². The molecule has 0 radical (unpaired) electrons. The van der Waals surface area contributed by atoms with Crippen LogP contribution in [0.25, 0.3) is 10.9 Å². The summed E-state index contributed by atoms with van der Waals surface area (Å²) in [6.07, 6.45) is 1.80. The van der Waals surface area contributed by atoms with Gasteiger partial charge in [0.25, 0.3) is 0 Å². The Bertz CT molecular complexity index is 513. The third kappa shape index (κ3) is 1.74. The van der Waals surface area contributed by atoms with Gasteiger partial charge >= 0.3 is 0 Å². The summed E-state index contributed by atoms with van der Waals surface area (Å²) in [5.74, 6) is 0.155. The first-order valence-electron chi connectivity index (χ1n) is 5.38. The number of benzene rings is 1. The molecule has 16 heavy (non-hydrogen) atoms. The van der Waals surface area contributed by atoms with E-state index in [4.69, 9.17) is 0 Å². The van der Waals surface area contributed by atoms with E-state index in [0.717, 1.165) is 16.5 Å². The van der Waals surface area contributed by atoms with Crippen molar-refractivity contribution in [3.8, 4) is 0 Å². The zero-order chi connectivity index (χ0) is 11.7. The van der Waals surface area contributed by atoms with Crippen LogP contribution in [-0.2, 0) is 0 Å². The first kappa shape index (κ1) is 10.9. The Morgan fingerprint density at radius 2 is 2.00 bits per heavy atom. The van der Waals surface area contributed by atoms with Gasteiger partial charge in [0.05, 0.1) is 6.04 Å². The third-order valence-electron chi connectivity index (χ3n) is 3.01. The summed E-state index contributed by atoms with van der Waals surface area (Å²) in [5, 5.41) is 1.00. The van der Waals surface area contributed by atoms with E-state index >= 15 is 0 Å². The van der Waals surface area contributed by atoms with Crippen LogP contribution in [0.5, 0.6) is 0 Å². The number of nitrogens with one attached hydrogen (secondary N) is 1. The van der Waals surface area contributed by atoms with Crippen LogP contribution in [0, 0.1) is 0 Å². The van der Waals surface area contributed by atoms with E-state index in [1.165, 1.54) is 0 Å². The number of carbonyl (C=O) groups excluding carboxylic acids is 1. The molecule has 0 aliphatic carbocycles. The van der Waals surface area contributed by atoms with Crippen molar-refractivity contribution >= 4 is 16.7 Å². The lowest BCUT2D eigenvalue weighted by Crippen LogP contribution is -2.32. The predicted octanol–water partition coefficient (Wildman–Crippen LogP) is 2.30. The molecule has 1 aromatic carbocycles. The Labute approximate surface area is 95.1 Å². The molecule has 1 aromatic heterocycles. The topological polar surface area (TPSA) is 36.1 Å². The SMILES string of the molecule is CC(C(=O)c1c[nH]c2ccccc12)N(C)C. The largest absolute Gasteiger partial charge is 0.360 e. The number of likely N-dealkylation sites (N-methyl/N-ethyl adjacent to an activating group) is 1. The molecule has 0 saturated carbocycles. The fourth-order valence-corrected chi connectivity index (χ4v) is 1.73. The average molecular weight is 216 g/mol. The van der Waals surface area contributed by atoms with E-state index in [-0.39, 0.29) is 11.8 Å². The van der Waals surface area contributed by atoms with Crippen molar-refractivity contribution < 1.29 is 4.79 Å². The molecule has 2 aromatic rings. The number of H-pyrrole nitrogens is 1. The van der Waals surface area contributed by atoms with Crippen LogP contribution in [0.3, 0.4) is 0 Å². The van der Waals surface area contributed by atoms with Crippen molar-refractivity contribution in [1.82, 2.24) is 9.88 Å². The normalized spacial score (nSPS) is 13.2. The summed E-state index contributed by atoms with van der Waals surface area (Å²) in [7, 11) is 3.83. The number of hydrogen-bond donors (Lipinski definition) is 1. The number of fused-ring (bicyclic) bond motifs is 1. The zero-order valence-electron chi connectivity index (χ0n) is 9.82. The molecule has 84 valence electrons. The van der Waals surface area contributed by atoms with Crippen LogP contribution < -0.4 is 0 Å². The van der Waals surface area contributed by atoms with Gasteiger partial charge < -0.3 is 4.98 Å². The minimum absolute atomic E-state index is 0.0980. The number of aromatic nitrogens is 1. The van der Waals surface area contributed by atoms with E-state index in [9.17, 15) is 4.79 Å². The molecular formula is C13H16N2O. The Morgan fingerprint density at radius 3 is 2.69 bits per heavy atom. The first-order chi connectivity index (χ1) is 7.61. The van der Waals surface area contributed by atoms with Gasteiger partial charge in [-0.3, -0.25) is 9.69 Å². The van der Waals surface area contributed by atoms with Crippen molar-refractivity contribution in [3.05, 3.63) is 36.0 Å². The van der Waals surface area contributed by atoms with Crippen molar-refractivity contribution in [2.75, 3.05) is 14.1 Å². The minimum atomic E-state index is -0.0980. The highest BCUT2D eigenvalue weighted by Gasteiger charge is 2.19. The highest BCUT2D eigenvalue weighted by Crippen LogP contribution is 2.19. The Balaban J connectivity index is 2.44. The lowest BCUT2D eigenvalue weighted by molar-refractivity contribution is 0.0892. The summed E-state index contributed by atoms with van der Waals surface area (Å²) >= 11 is 0. The van der Waals surface area contributed by atoms with Gasteiger partial charge in [-0.25, -0.2) is 0 Å². The number of ketones is 1. The number of hydrogen-bond acceptors (Lipinski definition) is 2. The Morgan fingerprint density at radius 1 is 1.31 bits per heavy atom. The fourth-order valence-electron chi connectivity index (χ4n) is 1.73. The molecule has 1 atom stereocenters. The molecule has 0 amide bonds. The number of rotatable bonds is 3. The zero-order valence-corrected chi connectivity index (χ0v) is 9.82. The van der Waals surface area contributed by atoms with Gasteiger partial charge in [-0.2, -0.15) is 0 Å². The van der Waals surface area contributed by atoms with Crippen molar-refractivity contribution in [3.63, 3.8) is 0 Å². The number of aromatic amines is 1. The molecular weight excluding hydrogens is 200 g/mol. The van der Waals surface area contributed by atoms with Gasteiger partial charge in [-0.1, -0.05) is 18.2 Å². The molecule has 3 nitrogen and oxygen atoms in total. The van der Waals surface area contributed by atoms with E-state index in [0.29, 0.717) is 0 Å². The van der Waals surface area contributed by atoms with Gasteiger partial charge in [0.15, 0.2) is 5.78 Å². The van der Waals surface area contributed by atoms with E-state index in [2.05, 4.69) is 4.98 Å². The predicted molar refractivity (Wildman–Crippen MR) is 65.8 cm³/mol. The number of Topliss-reactive ketones (excluding diaryl/α,β-unsaturated/α-hetero) is 1. The quantitative estimate of drug-likeness (QED) is 0.799. The van der Waals surface area contributed by atoms with Gasteiger partial charge in [-0.05, 0) is 27.1 Å². The summed E-state index contributed by atoms with van der Waals surface area (Å²) in [4.78, 5) is 17.2. The number of nitrogens with zero attached hydrogens (tertiary/aromatic N) is 1. The Hall–Kier alpha value is -1.61. The van der Waals surface area contributed by atoms with Crippen molar-refractivity contribution in [2.24, 2.45) is 0 Å². The smallest absolute Gasteiger partial charge is 0.181 e. The van der Waals surface area contributed by atoms with Crippen LogP contribution in [0.1, 0.15) is 17.3 Å². The van der Waals surface area contributed by atoms with Crippen LogP contribution in [0.4, 0.5) is 0 Å². The molecule has 0 spiro atoms. The maximum atomic E-state index is 12.2. The number of carbonyl (C=O) groups is 1. The van der Waals surface area contributed by atoms with Gasteiger partial charge in [0.1, 0.15) is 0 Å². The van der Waals surface area contributed by atoms with Gasteiger partial charge in [0.2, 0.25) is 0 Å². The van der Waals surface area contributed by atoms with E-state index in [1.54, 1.807) is 6.20 Å². The Kier molecular flexibility index (Phi) is 2.79. The number of para-hydroxylation sites is 1. The summed E-state index contributed by atoms with van der Waals surface area (Å²) in [5.41, 5.74) is 1.79. The molecule has 0 saturated heterocycles. The fraction of sp³-hybridized carbons (Fsp3) is 0.308. The third-order valence-corrected chi connectivity index (χ3v) is 3.01. The minimum Gasteiger partial charge on any atom is -0.360 e. The van der Waals surface area contributed by atoms with Gasteiger partial charge in [-0.15, -0.1) is 0 Å². The second-order valence-corrected chi connectivity index (χ2v) is 4.25. The lowest BCUT2D eigenvalue weighted by atomic mass is 10.0. The first-order valence-corrected chi connectivity index (χ1v) is 5.38.